The number of ether oxygens (including phenoxy) is 2. The Morgan fingerprint density at radius 2 is 2.05 bits per heavy atom. The molecule has 1 aromatic carbocycles. The first kappa shape index (κ1) is 13.1. The molecule has 1 aliphatic rings. The molecule has 0 saturated heterocycles. The fourth-order valence-corrected chi connectivity index (χ4v) is 1.80. The largest absolute Gasteiger partial charge is 0.586 e. The lowest BCUT2D eigenvalue weighted by Gasteiger charge is -2.13. The van der Waals surface area contributed by atoms with Gasteiger partial charge in [-0.2, -0.15) is 0 Å². The molecule has 2 rings (SSSR count). The highest BCUT2D eigenvalue weighted by Crippen LogP contribution is 2.46. The summed E-state index contributed by atoms with van der Waals surface area (Å²) < 4.78 is 34.4. The molecule has 0 saturated carbocycles. The SMILES string of the molecule is NC(=O)CC(C(=O)O)c1cccc2c1OC(F)(F)O2. The van der Waals surface area contributed by atoms with Crippen LogP contribution in [0.4, 0.5) is 8.78 Å². The van der Waals surface area contributed by atoms with Gasteiger partial charge in [-0.3, -0.25) is 9.59 Å². The molecule has 1 aromatic rings. The Balaban J connectivity index is 2.43. The average molecular weight is 273 g/mol. The number of primary amides is 1. The van der Waals surface area contributed by atoms with Gasteiger partial charge in [0.1, 0.15) is 0 Å². The second-order valence-corrected chi connectivity index (χ2v) is 3.90. The minimum atomic E-state index is -3.85. The maximum absolute atomic E-state index is 13.0. The van der Waals surface area contributed by atoms with Crippen molar-refractivity contribution < 1.29 is 33.0 Å². The number of carbonyl (C=O) groups is 2. The molecule has 0 aromatic heterocycles. The van der Waals surface area contributed by atoms with E-state index >= 15 is 0 Å². The van der Waals surface area contributed by atoms with Gasteiger partial charge in [0.15, 0.2) is 11.5 Å². The number of nitrogens with two attached hydrogens (primary N) is 1. The van der Waals surface area contributed by atoms with Crippen molar-refractivity contribution in [2.75, 3.05) is 0 Å². The molecule has 6 nitrogen and oxygen atoms in total. The number of carbonyl (C=O) groups excluding carboxylic acids is 1. The van der Waals surface area contributed by atoms with Crippen LogP contribution in [0.25, 0.3) is 0 Å². The van der Waals surface area contributed by atoms with Crippen LogP contribution in [-0.4, -0.2) is 23.3 Å². The van der Waals surface area contributed by atoms with Crippen molar-refractivity contribution in [2.45, 2.75) is 18.6 Å². The van der Waals surface area contributed by atoms with E-state index in [9.17, 15) is 18.4 Å². The molecular formula is C11H9F2NO5. The predicted octanol–water partition coefficient (Wildman–Crippen LogP) is 1.05. The number of aliphatic carboxylic acids is 1. The van der Waals surface area contributed by atoms with E-state index in [0.29, 0.717) is 0 Å². The first-order chi connectivity index (χ1) is 8.80. The molecule has 1 heterocycles. The molecule has 3 N–H and O–H groups in total. The number of fused-ring (bicyclic) bond motifs is 1. The third-order valence-corrected chi connectivity index (χ3v) is 2.54. The normalized spacial score (nSPS) is 16.9. The van der Waals surface area contributed by atoms with Gasteiger partial charge in [-0.15, -0.1) is 8.78 Å². The minimum absolute atomic E-state index is 0.0824. The molecule has 1 atom stereocenters. The van der Waals surface area contributed by atoms with E-state index in [1.54, 1.807) is 0 Å². The summed E-state index contributed by atoms with van der Waals surface area (Å²) in [4.78, 5) is 22.0. The van der Waals surface area contributed by atoms with E-state index in [-0.39, 0.29) is 17.1 Å². The van der Waals surface area contributed by atoms with Gasteiger partial charge >= 0.3 is 12.3 Å². The van der Waals surface area contributed by atoms with Crippen LogP contribution in [0.15, 0.2) is 18.2 Å². The highest BCUT2D eigenvalue weighted by atomic mass is 19.3. The summed E-state index contributed by atoms with van der Waals surface area (Å²) in [5.74, 6) is -4.27. The van der Waals surface area contributed by atoms with Gasteiger partial charge < -0.3 is 20.3 Å². The maximum atomic E-state index is 13.0. The van der Waals surface area contributed by atoms with Gasteiger partial charge in [-0.25, -0.2) is 0 Å². The number of rotatable bonds is 4. The zero-order chi connectivity index (χ0) is 14.2. The summed E-state index contributed by atoms with van der Waals surface area (Å²) in [6, 6.07) is 3.81. The van der Waals surface area contributed by atoms with E-state index in [1.807, 2.05) is 0 Å². The predicted molar refractivity (Wildman–Crippen MR) is 56.8 cm³/mol. The van der Waals surface area contributed by atoms with Crippen molar-refractivity contribution in [2.24, 2.45) is 5.73 Å². The van der Waals surface area contributed by atoms with Gasteiger partial charge in [-0.1, -0.05) is 12.1 Å². The van der Waals surface area contributed by atoms with Crippen molar-refractivity contribution in [1.29, 1.82) is 0 Å². The summed E-state index contributed by atoms with van der Waals surface area (Å²) in [7, 11) is 0. The smallest absolute Gasteiger partial charge is 0.481 e. The average Bonchev–Trinajstić information content (AvgIpc) is 2.59. The Bertz CT molecular complexity index is 546. The van der Waals surface area contributed by atoms with Crippen LogP contribution in [0.2, 0.25) is 0 Å². The van der Waals surface area contributed by atoms with Crippen molar-refractivity contribution in [3.8, 4) is 11.5 Å². The number of halogens is 2. The molecule has 0 fully saturated rings. The third kappa shape index (κ3) is 2.56. The van der Waals surface area contributed by atoms with Gasteiger partial charge in [0.25, 0.3) is 0 Å². The molecule has 19 heavy (non-hydrogen) atoms. The fourth-order valence-electron chi connectivity index (χ4n) is 1.80. The Morgan fingerprint density at radius 1 is 1.37 bits per heavy atom. The molecule has 1 amide bonds. The maximum Gasteiger partial charge on any atom is 0.586 e. The second-order valence-electron chi connectivity index (χ2n) is 3.90. The van der Waals surface area contributed by atoms with Crippen LogP contribution in [0.5, 0.6) is 11.5 Å². The van der Waals surface area contributed by atoms with E-state index in [1.165, 1.54) is 18.2 Å². The van der Waals surface area contributed by atoms with Gasteiger partial charge in [0.2, 0.25) is 5.91 Å². The summed E-state index contributed by atoms with van der Waals surface area (Å²) in [5.41, 5.74) is 4.86. The fraction of sp³-hybridized carbons (Fsp3) is 0.273. The molecule has 0 spiro atoms. The van der Waals surface area contributed by atoms with E-state index in [2.05, 4.69) is 9.47 Å². The van der Waals surface area contributed by atoms with Crippen LogP contribution >= 0.6 is 0 Å². The topological polar surface area (TPSA) is 98.9 Å². The standard InChI is InChI=1S/C11H9F2NO5/c12-11(13)18-7-3-1-2-5(9(7)19-11)6(10(16)17)4-8(14)15/h1-3,6H,4H2,(H2,14,15)(H,16,17). The number of alkyl halides is 2. The number of amides is 1. The van der Waals surface area contributed by atoms with Crippen molar-refractivity contribution in [1.82, 2.24) is 0 Å². The third-order valence-electron chi connectivity index (χ3n) is 2.54. The number of para-hydroxylation sites is 1. The Morgan fingerprint density at radius 3 is 2.63 bits per heavy atom. The van der Waals surface area contributed by atoms with E-state index < -0.39 is 30.5 Å². The first-order valence-corrected chi connectivity index (χ1v) is 5.20. The van der Waals surface area contributed by atoms with Crippen LogP contribution in [0.1, 0.15) is 17.9 Å². The number of benzene rings is 1. The van der Waals surface area contributed by atoms with Crippen LogP contribution in [0, 0.1) is 0 Å². The van der Waals surface area contributed by atoms with E-state index in [4.69, 9.17) is 10.8 Å². The van der Waals surface area contributed by atoms with E-state index in [0.717, 1.165) is 0 Å². The summed E-state index contributed by atoms with van der Waals surface area (Å²) >= 11 is 0. The number of hydrogen-bond acceptors (Lipinski definition) is 4. The molecule has 1 unspecified atom stereocenters. The molecule has 0 aliphatic carbocycles. The highest BCUT2D eigenvalue weighted by Gasteiger charge is 2.45. The lowest BCUT2D eigenvalue weighted by molar-refractivity contribution is -0.287. The molecule has 1 aliphatic heterocycles. The summed E-state index contributed by atoms with van der Waals surface area (Å²) in [6.45, 7) is 0. The van der Waals surface area contributed by atoms with Crippen molar-refractivity contribution in [3.05, 3.63) is 23.8 Å². The zero-order valence-corrected chi connectivity index (χ0v) is 9.43. The van der Waals surface area contributed by atoms with Gasteiger partial charge in [-0.05, 0) is 6.07 Å². The quantitative estimate of drug-likeness (QED) is 0.854. The van der Waals surface area contributed by atoms with Crippen molar-refractivity contribution >= 4 is 11.9 Å². The lowest BCUT2D eigenvalue weighted by Crippen LogP contribution is -2.26. The van der Waals surface area contributed by atoms with Crippen LogP contribution in [0.3, 0.4) is 0 Å². The van der Waals surface area contributed by atoms with Crippen molar-refractivity contribution in [3.63, 3.8) is 0 Å². The Kier molecular flexibility index (Phi) is 3.01. The monoisotopic (exact) mass is 273 g/mol. The molecule has 0 bridgehead atoms. The molecule has 8 heteroatoms. The highest BCUT2D eigenvalue weighted by molar-refractivity contribution is 5.85. The number of carboxylic acids is 1. The zero-order valence-electron chi connectivity index (χ0n) is 9.43. The Labute approximate surface area is 105 Å². The summed E-state index contributed by atoms with van der Waals surface area (Å²) in [5, 5.41) is 9.05. The first-order valence-electron chi connectivity index (χ1n) is 5.20. The van der Waals surface area contributed by atoms with Crippen LogP contribution in [-0.2, 0) is 9.59 Å². The number of hydrogen-bond donors (Lipinski definition) is 2. The minimum Gasteiger partial charge on any atom is -0.481 e. The van der Waals surface area contributed by atoms with Crippen LogP contribution < -0.4 is 15.2 Å². The Hall–Kier alpha value is -2.38. The summed E-state index contributed by atoms with van der Waals surface area (Å²) in [6.07, 6.45) is -4.38. The number of carboxylic acid groups (broad SMARTS) is 1. The molecular weight excluding hydrogens is 264 g/mol. The lowest BCUT2D eigenvalue weighted by atomic mass is 9.94. The second kappa shape index (κ2) is 4.38. The molecule has 102 valence electrons. The van der Waals surface area contributed by atoms with Gasteiger partial charge in [0.05, 0.1) is 5.92 Å². The molecule has 0 radical (unpaired) electrons. The van der Waals surface area contributed by atoms with Gasteiger partial charge in [0, 0.05) is 12.0 Å².